The molecule has 190 valence electrons. The Bertz CT molecular complexity index is 622. The van der Waals surface area contributed by atoms with Gasteiger partial charge < -0.3 is 15.5 Å². The smallest absolute Gasteiger partial charge is 0.317 e. The Labute approximate surface area is 198 Å². The van der Waals surface area contributed by atoms with E-state index < -0.39 is 18.6 Å². The zero-order chi connectivity index (χ0) is 23.8. The summed E-state index contributed by atoms with van der Waals surface area (Å²) in [6, 6.07) is -0.572. The number of hydrogen-bond acceptors (Lipinski definition) is 6. The van der Waals surface area contributed by atoms with Crippen LogP contribution in [-0.4, -0.2) is 74.6 Å². The quantitative estimate of drug-likeness (QED) is 0.333. The van der Waals surface area contributed by atoms with Crippen molar-refractivity contribution in [3.63, 3.8) is 0 Å². The average molecular weight is 469 g/mol. The number of alkyl halides is 1. The fourth-order valence-corrected chi connectivity index (χ4v) is 5.47. The molecular formula is C24H45FN6O2. The third-order valence-electron chi connectivity index (χ3n) is 7.47. The molecule has 3 aliphatic rings. The summed E-state index contributed by atoms with van der Waals surface area (Å²) in [5.74, 6) is 0.899. The van der Waals surface area contributed by atoms with E-state index in [-0.39, 0.29) is 30.0 Å². The number of hydrogen-bond donors (Lipinski definition) is 5. The number of ketones is 1. The van der Waals surface area contributed by atoms with Gasteiger partial charge in [-0.25, -0.2) is 9.18 Å². The van der Waals surface area contributed by atoms with Crippen LogP contribution < -0.4 is 26.6 Å². The summed E-state index contributed by atoms with van der Waals surface area (Å²) in [5, 5.41) is 15.4. The lowest BCUT2D eigenvalue weighted by Crippen LogP contribution is -2.73. The molecule has 0 bridgehead atoms. The predicted molar refractivity (Wildman–Crippen MR) is 128 cm³/mol. The van der Waals surface area contributed by atoms with E-state index in [1.807, 2.05) is 14.1 Å². The summed E-state index contributed by atoms with van der Waals surface area (Å²) < 4.78 is 14.6. The first-order valence-electron chi connectivity index (χ1n) is 13.0. The van der Waals surface area contributed by atoms with Crippen molar-refractivity contribution in [2.75, 3.05) is 27.2 Å². The molecule has 33 heavy (non-hydrogen) atoms. The van der Waals surface area contributed by atoms with E-state index in [9.17, 15) is 14.0 Å². The zero-order valence-corrected chi connectivity index (χ0v) is 20.7. The largest absolute Gasteiger partial charge is 0.335 e. The second-order valence-corrected chi connectivity index (χ2v) is 10.5. The van der Waals surface area contributed by atoms with Crippen LogP contribution in [-0.2, 0) is 4.79 Å². The van der Waals surface area contributed by atoms with Gasteiger partial charge in [0.05, 0.1) is 6.17 Å². The van der Waals surface area contributed by atoms with Crippen LogP contribution in [0.25, 0.3) is 0 Å². The normalized spacial score (nSPS) is 33.6. The lowest BCUT2D eigenvalue weighted by atomic mass is 9.75. The van der Waals surface area contributed by atoms with Crippen LogP contribution in [0.3, 0.4) is 0 Å². The summed E-state index contributed by atoms with van der Waals surface area (Å²) >= 11 is 0. The maximum atomic E-state index is 14.6. The molecule has 0 spiro atoms. The van der Waals surface area contributed by atoms with Crippen molar-refractivity contribution in [1.82, 2.24) is 31.5 Å². The molecule has 1 heterocycles. The Morgan fingerprint density at radius 2 is 1.61 bits per heavy atom. The molecule has 4 unspecified atom stereocenters. The minimum atomic E-state index is -1.09. The molecule has 4 atom stereocenters. The predicted octanol–water partition coefficient (Wildman–Crippen LogP) is 2.06. The number of Topliss-reactive ketones (excluding diaryl/α,β-unsaturated/α-hetero) is 1. The third-order valence-corrected chi connectivity index (χ3v) is 7.47. The Balaban J connectivity index is 1.37. The van der Waals surface area contributed by atoms with Gasteiger partial charge in [0.1, 0.15) is 18.2 Å². The number of rotatable bonds is 9. The monoisotopic (exact) mass is 468 g/mol. The van der Waals surface area contributed by atoms with E-state index >= 15 is 0 Å². The summed E-state index contributed by atoms with van der Waals surface area (Å²) in [7, 11) is 4.03. The highest BCUT2D eigenvalue weighted by atomic mass is 19.1. The van der Waals surface area contributed by atoms with Crippen molar-refractivity contribution in [3.8, 4) is 0 Å². The minimum Gasteiger partial charge on any atom is -0.335 e. The van der Waals surface area contributed by atoms with Gasteiger partial charge in [-0.15, -0.1) is 0 Å². The van der Waals surface area contributed by atoms with Gasteiger partial charge in [-0.3, -0.25) is 20.7 Å². The number of halogens is 1. The molecule has 9 heteroatoms. The lowest BCUT2D eigenvalue weighted by Gasteiger charge is -2.39. The number of carbonyl (C=O) groups excluding carboxylic acids is 2. The van der Waals surface area contributed by atoms with Gasteiger partial charge in [0.25, 0.3) is 0 Å². The zero-order valence-electron chi connectivity index (χ0n) is 20.7. The van der Waals surface area contributed by atoms with Crippen LogP contribution >= 0.6 is 0 Å². The number of urea groups is 1. The molecule has 0 radical (unpaired) electrons. The summed E-state index contributed by atoms with van der Waals surface area (Å²) in [6.07, 6.45) is 7.94. The van der Waals surface area contributed by atoms with E-state index in [0.717, 1.165) is 51.5 Å². The van der Waals surface area contributed by atoms with Crippen LogP contribution in [0, 0.1) is 11.8 Å². The van der Waals surface area contributed by atoms with Crippen molar-refractivity contribution in [2.45, 2.75) is 102 Å². The van der Waals surface area contributed by atoms with E-state index in [4.69, 9.17) is 0 Å². The van der Waals surface area contributed by atoms with Crippen molar-refractivity contribution >= 4 is 11.8 Å². The van der Waals surface area contributed by atoms with Gasteiger partial charge in [-0.2, -0.15) is 0 Å². The first kappa shape index (κ1) is 26.3. The van der Waals surface area contributed by atoms with Crippen molar-refractivity contribution < 1.29 is 14.0 Å². The van der Waals surface area contributed by atoms with Crippen molar-refractivity contribution in [1.29, 1.82) is 0 Å². The molecule has 2 aliphatic carbocycles. The molecule has 1 aliphatic heterocycles. The molecule has 2 amide bonds. The number of nitrogens with zero attached hydrogens (tertiary/aromatic N) is 1. The second kappa shape index (κ2) is 13.0. The van der Waals surface area contributed by atoms with Crippen LogP contribution in [0.15, 0.2) is 0 Å². The molecule has 0 aromatic carbocycles. The van der Waals surface area contributed by atoms with Gasteiger partial charge in [-0.05, 0) is 79.1 Å². The molecule has 0 aromatic heterocycles. The molecule has 3 rings (SSSR count). The number of amides is 2. The highest BCUT2D eigenvalue weighted by molar-refractivity contribution is 5.83. The van der Waals surface area contributed by atoms with Gasteiger partial charge in [0.15, 0.2) is 0 Å². The maximum absolute atomic E-state index is 14.6. The van der Waals surface area contributed by atoms with Crippen LogP contribution in [0.2, 0.25) is 0 Å². The Morgan fingerprint density at radius 1 is 0.939 bits per heavy atom. The minimum absolute atomic E-state index is 0.0790. The van der Waals surface area contributed by atoms with Crippen LogP contribution in [0.4, 0.5) is 9.18 Å². The first-order chi connectivity index (χ1) is 15.8. The van der Waals surface area contributed by atoms with Gasteiger partial charge in [0.2, 0.25) is 0 Å². The topological polar surface area (TPSA) is 97.5 Å². The van der Waals surface area contributed by atoms with E-state index in [1.54, 1.807) is 6.92 Å². The van der Waals surface area contributed by atoms with E-state index in [1.165, 1.54) is 19.3 Å². The highest BCUT2D eigenvalue weighted by Crippen LogP contribution is 2.32. The Kier molecular flexibility index (Phi) is 10.3. The molecule has 0 aromatic rings. The van der Waals surface area contributed by atoms with Crippen molar-refractivity contribution in [3.05, 3.63) is 0 Å². The Morgan fingerprint density at radius 3 is 2.27 bits per heavy atom. The molecule has 3 fully saturated rings. The Hall–Kier alpha value is -1.29. The summed E-state index contributed by atoms with van der Waals surface area (Å²) in [4.78, 5) is 27.5. The van der Waals surface area contributed by atoms with Gasteiger partial charge in [-0.1, -0.05) is 19.3 Å². The maximum Gasteiger partial charge on any atom is 0.317 e. The molecule has 5 N–H and O–H groups in total. The third kappa shape index (κ3) is 8.16. The summed E-state index contributed by atoms with van der Waals surface area (Å²) in [6.45, 7) is 3.42. The molecule has 1 saturated heterocycles. The van der Waals surface area contributed by atoms with Gasteiger partial charge in [0, 0.05) is 23.9 Å². The lowest BCUT2D eigenvalue weighted by molar-refractivity contribution is -0.128. The first-order valence-corrected chi connectivity index (χ1v) is 13.0. The van der Waals surface area contributed by atoms with E-state index in [2.05, 4.69) is 31.5 Å². The second-order valence-electron chi connectivity index (χ2n) is 10.5. The number of nitrogens with one attached hydrogen (secondary N) is 5. The van der Waals surface area contributed by atoms with Crippen LogP contribution in [0.1, 0.15) is 71.1 Å². The SMILES string of the molecule is CC1NC(NC(=O)NC2CCC(C(=O)C3CCCCC3)CC2)NC(NCCCN(C)C)C1F. The van der Waals surface area contributed by atoms with Crippen molar-refractivity contribution in [2.24, 2.45) is 11.8 Å². The standard InChI is InChI=1S/C24H45FN6O2/c1-16-20(25)22(26-14-7-15-31(2)3)29-23(27-16)30-24(33)28-19-12-10-18(11-13-19)21(32)17-8-5-4-6-9-17/h16-20,22-23,26-27,29H,4-15H2,1-3H3,(H2,28,30,33). The number of carbonyl (C=O) groups is 2. The summed E-state index contributed by atoms with van der Waals surface area (Å²) in [5.41, 5.74) is 0. The average Bonchev–Trinajstić information content (AvgIpc) is 2.80. The fourth-order valence-electron chi connectivity index (χ4n) is 5.47. The highest BCUT2D eigenvalue weighted by Gasteiger charge is 2.36. The van der Waals surface area contributed by atoms with Gasteiger partial charge >= 0.3 is 6.03 Å². The fraction of sp³-hybridized carbons (Fsp3) is 0.917. The molecule has 2 saturated carbocycles. The molecular weight excluding hydrogens is 423 g/mol. The van der Waals surface area contributed by atoms with E-state index in [0.29, 0.717) is 12.3 Å². The molecule has 8 nitrogen and oxygen atoms in total. The van der Waals surface area contributed by atoms with Crippen LogP contribution in [0.5, 0.6) is 0 Å².